The van der Waals surface area contributed by atoms with E-state index in [0.717, 1.165) is 34.4 Å². The molecule has 0 bridgehead atoms. The highest BCUT2D eigenvalue weighted by molar-refractivity contribution is 6.29. The number of guanidine groups is 1. The van der Waals surface area contributed by atoms with Crippen molar-refractivity contribution < 1.29 is 9.59 Å². The van der Waals surface area contributed by atoms with E-state index in [1.54, 1.807) is 7.05 Å². The van der Waals surface area contributed by atoms with Gasteiger partial charge in [0.2, 0.25) is 11.8 Å². The summed E-state index contributed by atoms with van der Waals surface area (Å²) in [6.07, 6.45) is 1.52. The lowest BCUT2D eigenvalue weighted by molar-refractivity contribution is -0.122. The molecule has 2 aliphatic heterocycles. The molecule has 33 heavy (non-hydrogen) atoms. The van der Waals surface area contributed by atoms with E-state index < -0.39 is 6.04 Å². The predicted molar refractivity (Wildman–Crippen MR) is 123 cm³/mol. The van der Waals surface area contributed by atoms with Crippen LogP contribution in [0.4, 0.5) is 0 Å². The first-order valence-electron chi connectivity index (χ1n) is 10.9. The van der Waals surface area contributed by atoms with Gasteiger partial charge in [0.05, 0.1) is 5.57 Å². The van der Waals surface area contributed by atoms with Crippen LogP contribution in [-0.2, 0) is 9.59 Å². The number of carbonyl (C=O) groups excluding carboxylic acids is 2. The van der Waals surface area contributed by atoms with E-state index in [1.165, 1.54) is 4.90 Å². The number of carbonyl (C=O) groups is 2. The van der Waals surface area contributed by atoms with Crippen molar-refractivity contribution in [3.8, 4) is 22.5 Å². The van der Waals surface area contributed by atoms with Crippen LogP contribution in [-0.4, -0.2) is 61.3 Å². The number of allylic oxidation sites excluding steroid dienone is 1. The van der Waals surface area contributed by atoms with Crippen LogP contribution in [0.25, 0.3) is 28.1 Å². The number of hydrogen-bond donors (Lipinski definition) is 1. The highest BCUT2D eigenvalue weighted by Gasteiger charge is 2.43. The van der Waals surface area contributed by atoms with E-state index in [4.69, 9.17) is 0 Å². The maximum absolute atomic E-state index is 13.4. The van der Waals surface area contributed by atoms with Gasteiger partial charge >= 0.3 is 0 Å². The number of rotatable bonds is 5. The number of amides is 2. The highest BCUT2D eigenvalue weighted by atomic mass is 16.2. The minimum absolute atomic E-state index is 0.157. The maximum Gasteiger partial charge on any atom is 0.271 e. The van der Waals surface area contributed by atoms with Crippen LogP contribution < -0.4 is 0 Å². The molecule has 1 aromatic heterocycles. The summed E-state index contributed by atoms with van der Waals surface area (Å²) >= 11 is 0. The van der Waals surface area contributed by atoms with E-state index in [-0.39, 0.29) is 11.8 Å². The summed E-state index contributed by atoms with van der Waals surface area (Å²) in [5.74, 6) is 0.546. The van der Waals surface area contributed by atoms with Crippen molar-refractivity contribution in [3.05, 3.63) is 59.8 Å². The molecule has 3 aromatic rings. The molecule has 9 heteroatoms. The van der Waals surface area contributed by atoms with Crippen molar-refractivity contribution in [2.75, 3.05) is 7.05 Å². The van der Waals surface area contributed by atoms with Gasteiger partial charge in [-0.05, 0) is 35.2 Å². The Morgan fingerprint density at radius 1 is 1.00 bits per heavy atom. The third-order valence-corrected chi connectivity index (χ3v) is 6.05. The maximum atomic E-state index is 13.4. The van der Waals surface area contributed by atoms with Gasteiger partial charge in [-0.25, -0.2) is 0 Å². The van der Waals surface area contributed by atoms with Crippen LogP contribution in [0.2, 0.25) is 0 Å². The predicted octanol–water partition coefficient (Wildman–Crippen LogP) is 3.10. The van der Waals surface area contributed by atoms with E-state index >= 15 is 0 Å². The first-order chi connectivity index (χ1) is 16.0. The lowest BCUT2D eigenvalue weighted by Crippen LogP contribution is -2.50. The molecule has 0 radical (unpaired) electrons. The fraction of sp³-hybridized carbons (Fsp3) is 0.250. The van der Waals surface area contributed by atoms with Crippen LogP contribution in [0.1, 0.15) is 32.3 Å². The molecule has 1 atom stereocenters. The summed E-state index contributed by atoms with van der Waals surface area (Å²) in [7, 11) is 1.66. The van der Waals surface area contributed by atoms with Crippen LogP contribution in [0.3, 0.4) is 0 Å². The number of nitrogens with one attached hydrogen (secondary N) is 1. The molecule has 5 rings (SSSR count). The lowest BCUT2D eigenvalue weighted by Gasteiger charge is -2.37. The van der Waals surface area contributed by atoms with Crippen LogP contribution >= 0.6 is 0 Å². The number of aromatic amines is 1. The van der Waals surface area contributed by atoms with Gasteiger partial charge in [-0.3, -0.25) is 14.5 Å². The van der Waals surface area contributed by atoms with Crippen molar-refractivity contribution in [2.24, 2.45) is 4.99 Å². The molecule has 2 aliphatic rings. The topological polar surface area (TPSA) is 107 Å². The summed E-state index contributed by atoms with van der Waals surface area (Å²) in [5.41, 5.74) is 5.06. The standard InChI is InChI=1S/C24H23N7O2/c1-4-7-19-20(23(33)30(3)24-25-22(32)14(2)31(19)24)16-12-10-15(11-13-16)17-8-5-6-9-18(17)21-26-28-29-27-21/h5-6,8-14H,4,7H2,1-3H3,(H,26,27,28,29). The molecule has 1 N–H and O–H groups in total. The van der Waals surface area contributed by atoms with Crippen LogP contribution in [0.15, 0.2) is 59.2 Å². The monoisotopic (exact) mass is 441 g/mol. The number of H-pyrrole nitrogens is 1. The van der Waals surface area contributed by atoms with Crippen molar-refractivity contribution in [1.82, 2.24) is 30.4 Å². The van der Waals surface area contributed by atoms with Gasteiger partial charge in [0.1, 0.15) is 6.04 Å². The smallest absolute Gasteiger partial charge is 0.271 e. The van der Waals surface area contributed by atoms with E-state index in [9.17, 15) is 9.59 Å². The number of aliphatic imine (C=N–C) groups is 1. The minimum Gasteiger partial charge on any atom is -0.302 e. The Morgan fingerprint density at radius 3 is 2.36 bits per heavy atom. The van der Waals surface area contributed by atoms with Crippen molar-refractivity contribution >= 4 is 23.3 Å². The fourth-order valence-corrected chi connectivity index (χ4v) is 4.42. The molecule has 0 saturated carbocycles. The van der Waals surface area contributed by atoms with Gasteiger partial charge in [0.25, 0.3) is 11.8 Å². The third-order valence-electron chi connectivity index (χ3n) is 6.05. The second kappa shape index (κ2) is 8.09. The Hall–Kier alpha value is -4.14. The van der Waals surface area contributed by atoms with Gasteiger partial charge in [-0.1, -0.05) is 61.9 Å². The molecule has 0 aliphatic carbocycles. The summed E-state index contributed by atoms with van der Waals surface area (Å²) in [4.78, 5) is 33.2. The number of benzene rings is 2. The Bertz CT molecular complexity index is 1290. The first kappa shape index (κ1) is 20.7. The molecule has 0 saturated heterocycles. The average Bonchev–Trinajstić information content (AvgIpc) is 3.47. The highest BCUT2D eigenvalue weighted by Crippen LogP contribution is 2.37. The Balaban J connectivity index is 1.59. The first-order valence-corrected chi connectivity index (χ1v) is 10.9. The van der Waals surface area contributed by atoms with E-state index in [0.29, 0.717) is 23.8 Å². The second-order valence-electron chi connectivity index (χ2n) is 8.09. The normalized spacial score (nSPS) is 18.2. The molecule has 2 amide bonds. The minimum atomic E-state index is -0.423. The fourth-order valence-electron chi connectivity index (χ4n) is 4.42. The zero-order valence-electron chi connectivity index (χ0n) is 18.6. The number of nitrogens with zero attached hydrogens (tertiary/aromatic N) is 6. The second-order valence-corrected chi connectivity index (χ2v) is 8.09. The quantitative estimate of drug-likeness (QED) is 0.652. The Kier molecular flexibility index (Phi) is 5.08. The average molecular weight is 441 g/mol. The van der Waals surface area contributed by atoms with Crippen molar-refractivity contribution in [2.45, 2.75) is 32.7 Å². The largest absolute Gasteiger partial charge is 0.302 e. The zero-order chi connectivity index (χ0) is 23.1. The van der Waals surface area contributed by atoms with Gasteiger partial charge in [0, 0.05) is 18.3 Å². The molecule has 0 spiro atoms. The summed E-state index contributed by atoms with van der Waals surface area (Å²) in [5, 5.41) is 14.4. The van der Waals surface area contributed by atoms with Gasteiger partial charge in [-0.2, -0.15) is 10.2 Å². The van der Waals surface area contributed by atoms with Crippen LogP contribution in [0.5, 0.6) is 0 Å². The zero-order valence-corrected chi connectivity index (χ0v) is 18.6. The molecular weight excluding hydrogens is 418 g/mol. The number of tetrazole rings is 1. The van der Waals surface area contributed by atoms with Crippen molar-refractivity contribution in [3.63, 3.8) is 0 Å². The van der Waals surface area contributed by atoms with E-state index in [2.05, 4.69) is 32.5 Å². The van der Waals surface area contributed by atoms with Crippen LogP contribution in [0, 0.1) is 0 Å². The molecule has 0 fully saturated rings. The number of fused-ring (bicyclic) bond motifs is 1. The van der Waals surface area contributed by atoms with E-state index in [1.807, 2.05) is 60.4 Å². The van der Waals surface area contributed by atoms with Crippen molar-refractivity contribution in [1.29, 1.82) is 0 Å². The lowest BCUT2D eigenvalue weighted by atomic mass is 9.93. The summed E-state index contributed by atoms with van der Waals surface area (Å²) in [6.45, 7) is 3.89. The Labute approximate surface area is 190 Å². The molecule has 1 unspecified atom stereocenters. The SMILES string of the molecule is CCCC1=C(c2ccc(-c3ccccc3-c3nn[nH]n3)cc2)C(=O)N(C)C2=NC(=O)C(C)N21. The number of likely N-dealkylation sites (N-methyl/N-ethyl adjacent to an activating group) is 1. The number of aromatic nitrogens is 4. The van der Waals surface area contributed by atoms with Gasteiger partial charge in [-0.15, -0.1) is 10.2 Å². The third kappa shape index (κ3) is 3.32. The molecule has 2 aromatic carbocycles. The summed E-state index contributed by atoms with van der Waals surface area (Å²) < 4.78 is 0. The molecule has 9 nitrogen and oxygen atoms in total. The number of hydrogen-bond acceptors (Lipinski definition) is 6. The summed E-state index contributed by atoms with van der Waals surface area (Å²) in [6, 6.07) is 15.3. The molecule has 166 valence electrons. The van der Waals surface area contributed by atoms with Gasteiger partial charge in [0.15, 0.2) is 0 Å². The Morgan fingerprint density at radius 2 is 1.70 bits per heavy atom. The molecule has 3 heterocycles. The molecular formula is C24H23N7O2. The van der Waals surface area contributed by atoms with Gasteiger partial charge < -0.3 is 4.90 Å².